The molecule has 104 valence electrons. The molecule has 1 aromatic carbocycles. The van der Waals surface area contributed by atoms with Crippen molar-refractivity contribution in [3.8, 4) is 5.75 Å². The Hall–Kier alpha value is -0.690. The van der Waals surface area contributed by atoms with Crippen LogP contribution in [0, 0.1) is 5.92 Å². The molecule has 0 radical (unpaired) electrons. The van der Waals surface area contributed by atoms with Crippen LogP contribution >= 0.6 is 11.6 Å². The summed E-state index contributed by atoms with van der Waals surface area (Å²) in [4.78, 5) is 0. The van der Waals surface area contributed by atoms with Crippen molar-refractivity contribution < 1.29 is 4.74 Å². The summed E-state index contributed by atoms with van der Waals surface area (Å²) >= 11 is 6.62. The number of ether oxygens (including phenoxy) is 1. The zero-order chi connectivity index (χ0) is 13.5. The summed E-state index contributed by atoms with van der Waals surface area (Å²) in [6, 6.07) is 6.51. The van der Waals surface area contributed by atoms with Crippen LogP contribution < -0.4 is 4.74 Å². The van der Waals surface area contributed by atoms with Crippen molar-refractivity contribution in [2.75, 3.05) is 0 Å². The minimum absolute atomic E-state index is 0.0613. The van der Waals surface area contributed by atoms with E-state index in [2.05, 4.69) is 32.0 Å². The number of halogens is 1. The minimum atomic E-state index is -0.0613. The minimum Gasteiger partial charge on any atom is -0.487 e. The highest BCUT2D eigenvalue weighted by molar-refractivity contribution is 6.20. The maximum Gasteiger partial charge on any atom is 0.123 e. The topological polar surface area (TPSA) is 9.23 Å². The van der Waals surface area contributed by atoms with Gasteiger partial charge in [0.2, 0.25) is 0 Å². The van der Waals surface area contributed by atoms with Crippen molar-refractivity contribution in [3.63, 3.8) is 0 Å². The van der Waals surface area contributed by atoms with E-state index >= 15 is 0 Å². The lowest BCUT2D eigenvalue weighted by atomic mass is 9.95. The quantitative estimate of drug-likeness (QED) is 0.685. The molecule has 1 aliphatic carbocycles. The summed E-state index contributed by atoms with van der Waals surface area (Å²) in [5.74, 6) is 1.88. The highest BCUT2D eigenvalue weighted by Crippen LogP contribution is 2.40. The molecule has 2 heteroatoms. The predicted octanol–water partition coefficient (Wildman–Crippen LogP) is 5.26. The average molecular weight is 279 g/mol. The van der Waals surface area contributed by atoms with Gasteiger partial charge in [-0.2, -0.15) is 0 Å². The van der Waals surface area contributed by atoms with E-state index in [1.807, 2.05) is 0 Å². The van der Waals surface area contributed by atoms with Gasteiger partial charge in [0, 0.05) is 6.42 Å². The maximum absolute atomic E-state index is 6.62. The predicted molar refractivity (Wildman–Crippen MR) is 80.0 cm³/mol. The van der Waals surface area contributed by atoms with Gasteiger partial charge in [-0.25, -0.2) is 0 Å². The molecular formula is C17H23ClO. The summed E-state index contributed by atoms with van der Waals surface area (Å²) in [7, 11) is 0. The second-order valence-electron chi connectivity index (χ2n) is 6.76. The van der Waals surface area contributed by atoms with Gasteiger partial charge in [-0.15, -0.1) is 11.6 Å². The maximum atomic E-state index is 6.62. The molecule has 0 N–H and O–H groups in total. The first-order valence-corrected chi connectivity index (χ1v) is 7.93. The molecule has 0 aromatic heterocycles. The molecule has 0 bridgehead atoms. The summed E-state index contributed by atoms with van der Waals surface area (Å²) in [5.41, 5.74) is 2.53. The van der Waals surface area contributed by atoms with Crippen molar-refractivity contribution in [1.82, 2.24) is 0 Å². The molecule has 1 heterocycles. The first-order chi connectivity index (χ1) is 9.03. The molecule has 1 aromatic rings. The van der Waals surface area contributed by atoms with Gasteiger partial charge >= 0.3 is 0 Å². The lowest BCUT2D eigenvalue weighted by molar-refractivity contribution is 0.138. The van der Waals surface area contributed by atoms with Gasteiger partial charge in [0.1, 0.15) is 11.4 Å². The number of hydrogen-bond acceptors (Lipinski definition) is 1. The fraction of sp³-hybridized carbons (Fsp3) is 0.647. The standard InChI is InChI=1S/C17H23ClO/c1-17(2)11-14-10-13(7-8-16(14)19-17)15(18)9-12-5-3-4-6-12/h7-8,10,12,15H,3-6,9,11H2,1-2H3. The zero-order valence-corrected chi connectivity index (χ0v) is 12.7. The highest BCUT2D eigenvalue weighted by Gasteiger charge is 2.30. The Bertz CT molecular complexity index is 460. The molecule has 0 saturated heterocycles. The SMILES string of the molecule is CC1(C)Cc2cc(C(Cl)CC3CCCC3)ccc2O1. The number of hydrogen-bond donors (Lipinski definition) is 0. The fourth-order valence-corrected chi connectivity index (χ4v) is 3.89. The van der Waals surface area contributed by atoms with E-state index < -0.39 is 0 Å². The molecule has 1 atom stereocenters. The summed E-state index contributed by atoms with van der Waals surface area (Å²) in [6.07, 6.45) is 7.63. The molecular weight excluding hydrogens is 256 g/mol. The second kappa shape index (κ2) is 5.01. The van der Waals surface area contributed by atoms with Crippen molar-refractivity contribution in [2.45, 2.75) is 63.4 Å². The van der Waals surface area contributed by atoms with Crippen molar-refractivity contribution in [1.29, 1.82) is 0 Å². The number of benzene rings is 1. The van der Waals surface area contributed by atoms with Crippen molar-refractivity contribution in [3.05, 3.63) is 29.3 Å². The molecule has 0 spiro atoms. The van der Waals surface area contributed by atoms with E-state index in [-0.39, 0.29) is 11.0 Å². The van der Waals surface area contributed by atoms with Crippen LogP contribution in [0.1, 0.15) is 62.5 Å². The van der Waals surface area contributed by atoms with Gasteiger partial charge in [0.15, 0.2) is 0 Å². The molecule has 3 rings (SSSR count). The van der Waals surface area contributed by atoms with E-state index in [1.165, 1.54) is 36.8 Å². The summed E-state index contributed by atoms with van der Waals surface area (Å²) in [5, 5.41) is 0.164. The largest absolute Gasteiger partial charge is 0.487 e. The monoisotopic (exact) mass is 278 g/mol. The van der Waals surface area contributed by atoms with Crippen LogP contribution in [0.3, 0.4) is 0 Å². The Morgan fingerprint density at radius 3 is 2.79 bits per heavy atom. The third-order valence-electron chi connectivity index (χ3n) is 4.46. The van der Waals surface area contributed by atoms with Gasteiger partial charge in [-0.1, -0.05) is 37.8 Å². The van der Waals surface area contributed by atoms with Crippen LogP contribution in [0.5, 0.6) is 5.75 Å². The van der Waals surface area contributed by atoms with E-state index in [0.717, 1.165) is 24.5 Å². The van der Waals surface area contributed by atoms with Crippen LogP contribution in [0.25, 0.3) is 0 Å². The summed E-state index contributed by atoms with van der Waals surface area (Å²) < 4.78 is 5.92. The van der Waals surface area contributed by atoms with E-state index in [9.17, 15) is 0 Å². The number of fused-ring (bicyclic) bond motifs is 1. The number of rotatable bonds is 3. The lowest BCUT2D eigenvalue weighted by Gasteiger charge is -2.16. The van der Waals surface area contributed by atoms with Crippen LogP contribution in [-0.4, -0.2) is 5.60 Å². The normalized spacial score (nSPS) is 23.1. The first-order valence-electron chi connectivity index (χ1n) is 7.49. The molecule has 0 amide bonds. The van der Waals surface area contributed by atoms with Gasteiger partial charge < -0.3 is 4.74 Å². The number of alkyl halides is 1. The van der Waals surface area contributed by atoms with E-state index in [4.69, 9.17) is 16.3 Å². The zero-order valence-electron chi connectivity index (χ0n) is 11.9. The highest BCUT2D eigenvalue weighted by atomic mass is 35.5. The first kappa shape index (κ1) is 13.3. The van der Waals surface area contributed by atoms with Crippen LogP contribution in [0.15, 0.2) is 18.2 Å². The molecule has 1 nitrogen and oxygen atoms in total. The van der Waals surface area contributed by atoms with Crippen LogP contribution in [0.4, 0.5) is 0 Å². The lowest BCUT2D eigenvalue weighted by Crippen LogP contribution is -2.24. The average Bonchev–Trinajstić information content (AvgIpc) is 2.93. The van der Waals surface area contributed by atoms with Gasteiger partial charge in [0.05, 0.1) is 5.38 Å². The Morgan fingerprint density at radius 2 is 2.05 bits per heavy atom. The second-order valence-corrected chi connectivity index (χ2v) is 7.29. The Labute approximate surface area is 121 Å². The summed E-state index contributed by atoms with van der Waals surface area (Å²) in [6.45, 7) is 4.28. The third kappa shape index (κ3) is 2.91. The van der Waals surface area contributed by atoms with E-state index in [1.54, 1.807) is 0 Å². The molecule has 2 aliphatic rings. The van der Waals surface area contributed by atoms with E-state index in [0.29, 0.717) is 0 Å². The smallest absolute Gasteiger partial charge is 0.123 e. The third-order valence-corrected chi connectivity index (χ3v) is 4.89. The Morgan fingerprint density at radius 1 is 1.32 bits per heavy atom. The Balaban J connectivity index is 1.72. The van der Waals surface area contributed by atoms with Gasteiger partial charge in [-0.05, 0) is 43.4 Å². The van der Waals surface area contributed by atoms with Gasteiger partial charge in [-0.3, -0.25) is 0 Å². The fourth-order valence-electron chi connectivity index (χ4n) is 3.50. The molecule has 1 saturated carbocycles. The molecule has 1 aliphatic heterocycles. The molecule has 1 fully saturated rings. The Kier molecular flexibility index (Phi) is 3.51. The van der Waals surface area contributed by atoms with Gasteiger partial charge in [0.25, 0.3) is 0 Å². The van der Waals surface area contributed by atoms with Crippen LogP contribution in [0.2, 0.25) is 0 Å². The molecule has 1 unspecified atom stereocenters. The van der Waals surface area contributed by atoms with Crippen LogP contribution in [-0.2, 0) is 6.42 Å². The van der Waals surface area contributed by atoms with Crippen molar-refractivity contribution >= 4 is 11.6 Å². The molecule has 19 heavy (non-hydrogen) atoms. The van der Waals surface area contributed by atoms with Crippen molar-refractivity contribution in [2.24, 2.45) is 5.92 Å².